The van der Waals surface area contributed by atoms with E-state index < -0.39 is 0 Å². The molecule has 2 rings (SSSR count). The van der Waals surface area contributed by atoms with Gasteiger partial charge in [0.1, 0.15) is 10.8 Å². The Morgan fingerprint density at radius 2 is 2.06 bits per heavy atom. The maximum atomic E-state index is 6.01. The molecular formula is C14H18N2OS. The van der Waals surface area contributed by atoms with Gasteiger partial charge < -0.3 is 10.5 Å². The van der Waals surface area contributed by atoms with E-state index in [1.807, 2.05) is 38.1 Å². The lowest BCUT2D eigenvalue weighted by molar-refractivity contribution is 0.416. The van der Waals surface area contributed by atoms with Crippen LogP contribution in [0.25, 0.3) is 10.6 Å². The summed E-state index contributed by atoms with van der Waals surface area (Å²) in [5.41, 5.74) is 7.85. The number of thiazole rings is 1. The number of para-hydroxylation sites is 1. The van der Waals surface area contributed by atoms with E-state index in [1.165, 1.54) is 0 Å². The molecule has 3 nitrogen and oxygen atoms in total. The van der Waals surface area contributed by atoms with Crippen molar-refractivity contribution in [1.29, 1.82) is 0 Å². The van der Waals surface area contributed by atoms with Crippen LogP contribution < -0.4 is 10.5 Å². The molecule has 0 bridgehead atoms. The summed E-state index contributed by atoms with van der Waals surface area (Å²) in [6.07, 6.45) is 0.776. The molecule has 0 saturated carbocycles. The van der Waals surface area contributed by atoms with Gasteiger partial charge in [0.25, 0.3) is 0 Å². The van der Waals surface area contributed by atoms with Crippen molar-refractivity contribution < 1.29 is 4.74 Å². The van der Waals surface area contributed by atoms with Crippen molar-refractivity contribution in [1.82, 2.24) is 4.98 Å². The fourth-order valence-corrected chi connectivity index (χ4v) is 2.65. The number of methoxy groups -OCH3 is 1. The lowest BCUT2D eigenvalue weighted by Gasteiger charge is -2.16. The van der Waals surface area contributed by atoms with Crippen LogP contribution in [-0.4, -0.2) is 17.6 Å². The Labute approximate surface area is 112 Å². The third-order valence-electron chi connectivity index (χ3n) is 2.53. The molecule has 0 spiro atoms. The first-order valence-electron chi connectivity index (χ1n) is 5.86. The van der Waals surface area contributed by atoms with Crippen molar-refractivity contribution in [3.63, 3.8) is 0 Å². The molecule has 0 amide bonds. The van der Waals surface area contributed by atoms with Crippen molar-refractivity contribution in [2.24, 2.45) is 5.73 Å². The normalized spacial score (nSPS) is 11.6. The van der Waals surface area contributed by atoms with Crippen molar-refractivity contribution in [3.05, 3.63) is 35.3 Å². The van der Waals surface area contributed by atoms with E-state index in [0.29, 0.717) is 0 Å². The SMILES string of the molecule is COc1ccccc1-c1nc(CC(C)(C)N)cs1. The third-order valence-corrected chi connectivity index (χ3v) is 3.45. The molecule has 18 heavy (non-hydrogen) atoms. The van der Waals surface area contributed by atoms with E-state index in [1.54, 1.807) is 18.4 Å². The lowest BCUT2D eigenvalue weighted by Crippen LogP contribution is -2.34. The lowest BCUT2D eigenvalue weighted by atomic mass is 10.0. The van der Waals surface area contributed by atoms with Crippen LogP contribution in [0.3, 0.4) is 0 Å². The summed E-state index contributed by atoms with van der Waals surface area (Å²) < 4.78 is 5.35. The topological polar surface area (TPSA) is 48.1 Å². The average molecular weight is 262 g/mol. The zero-order valence-corrected chi connectivity index (χ0v) is 11.8. The molecule has 1 heterocycles. The summed E-state index contributed by atoms with van der Waals surface area (Å²) in [6, 6.07) is 7.92. The average Bonchev–Trinajstić information content (AvgIpc) is 2.75. The summed E-state index contributed by atoms with van der Waals surface area (Å²) in [5.74, 6) is 0.852. The van der Waals surface area contributed by atoms with E-state index >= 15 is 0 Å². The van der Waals surface area contributed by atoms with Crippen LogP contribution in [0.5, 0.6) is 5.75 Å². The van der Waals surface area contributed by atoms with Crippen LogP contribution in [0.4, 0.5) is 0 Å². The van der Waals surface area contributed by atoms with Gasteiger partial charge in [-0.3, -0.25) is 0 Å². The number of hydrogen-bond acceptors (Lipinski definition) is 4. The third kappa shape index (κ3) is 3.09. The number of rotatable bonds is 4. The van der Waals surface area contributed by atoms with Crippen LogP contribution in [0.15, 0.2) is 29.6 Å². The number of nitrogens with zero attached hydrogens (tertiary/aromatic N) is 1. The Hall–Kier alpha value is -1.39. The monoisotopic (exact) mass is 262 g/mol. The number of aromatic nitrogens is 1. The minimum atomic E-state index is -0.230. The van der Waals surface area contributed by atoms with Gasteiger partial charge >= 0.3 is 0 Å². The van der Waals surface area contributed by atoms with E-state index in [2.05, 4.69) is 10.4 Å². The highest BCUT2D eigenvalue weighted by atomic mass is 32.1. The first-order valence-corrected chi connectivity index (χ1v) is 6.74. The quantitative estimate of drug-likeness (QED) is 0.921. The van der Waals surface area contributed by atoms with E-state index in [4.69, 9.17) is 10.5 Å². The molecule has 0 atom stereocenters. The van der Waals surface area contributed by atoms with Crippen molar-refractivity contribution in [2.45, 2.75) is 25.8 Å². The van der Waals surface area contributed by atoms with Gasteiger partial charge in [0.05, 0.1) is 18.4 Å². The number of ether oxygens (including phenoxy) is 1. The van der Waals surface area contributed by atoms with Crippen LogP contribution in [0.1, 0.15) is 19.5 Å². The predicted octanol–water partition coefficient (Wildman–Crippen LogP) is 3.10. The molecule has 0 unspecified atom stereocenters. The fourth-order valence-electron chi connectivity index (χ4n) is 1.80. The first-order chi connectivity index (χ1) is 8.49. The largest absolute Gasteiger partial charge is 0.496 e. The van der Waals surface area contributed by atoms with E-state index in [9.17, 15) is 0 Å². The Morgan fingerprint density at radius 1 is 1.33 bits per heavy atom. The minimum Gasteiger partial charge on any atom is -0.496 e. The van der Waals surface area contributed by atoms with E-state index in [-0.39, 0.29) is 5.54 Å². The van der Waals surface area contributed by atoms with Crippen LogP contribution in [0, 0.1) is 0 Å². The highest BCUT2D eigenvalue weighted by Gasteiger charge is 2.15. The number of nitrogens with two attached hydrogens (primary N) is 1. The molecule has 0 saturated heterocycles. The Morgan fingerprint density at radius 3 is 2.72 bits per heavy atom. The first kappa shape index (κ1) is 13.1. The molecule has 1 aromatic heterocycles. The summed E-state index contributed by atoms with van der Waals surface area (Å²) >= 11 is 1.63. The Bertz CT molecular complexity index is 529. The minimum absolute atomic E-state index is 0.230. The molecule has 0 aliphatic carbocycles. The molecule has 2 N–H and O–H groups in total. The molecule has 0 aliphatic rings. The maximum Gasteiger partial charge on any atom is 0.129 e. The van der Waals surface area contributed by atoms with Crippen LogP contribution in [-0.2, 0) is 6.42 Å². The smallest absolute Gasteiger partial charge is 0.129 e. The molecule has 2 aromatic rings. The van der Waals surface area contributed by atoms with Gasteiger partial charge in [-0.25, -0.2) is 4.98 Å². The summed E-state index contributed by atoms with van der Waals surface area (Å²) in [7, 11) is 1.68. The van der Waals surface area contributed by atoms with Crippen LogP contribution in [0.2, 0.25) is 0 Å². The molecule has 1 aromatic carbocycles. The molecule has 96 valence electrons. The summed E-state index contributed by atoms with van der Waals surface area (Å²) in [4.78, 5) is 4.63. The Kier molecular flexibility index (Phi) is 3.68. The van der Waals surface area contributed by atoms with Crippen molar-refractivity contribution in [3.8, 4) is 16.3 Å². The summed E-state index contributed by atoms with van der Waals surface area (Å²) in [5, 5.41) is 3.04. The highest BCUT2D eigenvalue weighted by molar-refractivity contribution is 7.13. The summed E-state index contributed by atoms with van der Waals surface area (Å²) in [6.45, 7) is 4.02. The van der Waals surface area contributed by atoms with Gasteiger partial charge in [0.15, 0.2) is 0 Å². The second kappa shape index (κ2) is 5.08. The van der Waals surface area contributed by atoms with Gasteiger partial charge in [0, 0.05) is 17.3 Å². The van der Waals surface area contributed by atoms with Gasteiger partial charge in [0.2, 0.25) is 0 Å². The zero-order valence-electron chi connectivity index (χ0n) is 10.9. The molecule has 4 heteroatoms. The number of hydrogen-bond donors (Lipinski definition) is 1. The van der Waals surface area contributed by atoms with E-state index in [0.717, 1.165) is 28.4 Å². The molecule has 0 fully saturated rings. The predicted molar refractivity (Wildman–Crippen MR) is 76.1 cm³/mol. The maximum absolute atomic E-state index is 6.01. The van der Waals surface area contributed by atoms with Crippen LogP contribution >= 0.6 is 11.3 Å². The van der Waals surface area contributed by atoms with Crippen molar-refractivity contribution >= 4 is 11.3 Å². The van der Waals surface area contributed by atoms with Gasteiger partial charge in [-0.05, 0) is 26.0 Å². The fraction of sp³-hybridized carbons (Fsp3) is 0.357. The molecule has 0 radical (unpaired) electrons. The second-order valence-electron chi connectivity index (χ2n) is 5.01. The van der Waals surface area contributed by atoms with Gasteiger partial charge in [-0.15, -0.1) is 11.3 Å². The highest BCUT2D eigenvalue weighted by Crippen LogP contribution is 2.32. The molecular weight excluding hydrogens is 244 g/mol. The van der Waals surface area contributed by atoms with Gasteiger partial charge in [-0.2, -0.15) is 0 Å². The zero-order chi connectivity index (χ0) is 13.2. The standard InChI is InChI=1S/C14H18N2OS/c1-14(2,15)8-10-9-18-13(16-10)11-6-4-5-7-12(11)17-3/h4-7,9H,8,15H2,1-3H3. The van der Waals surface area contributed by atoms with Gasteiger partial charge in [-0.1, -0.05) is 12.1 Å². The Balaban J connectivity index is 2.29. The second-order valence-corrected chi connectivity index (χ2v) is 5.87. The number of benzene rings is 1. The van der Waals surface area contributed by atoms with Crippen molar-refractivity contribution in [2.75, 3.05) is 7.11 Å². The molecule has 0 aliphatic heterocycles.